The van der Waals surface area contributed by atoms with Crippen molar-refractivity contribution in [3.05, 3.63) is 12.2 Å². The lowest BCUT2D eigenvalue weighted by Crippen LogP contribution is -2.37. The summed E-state index contributed by atoms with van der Waals surface area (Å²) in [4.78, 5) is 10.9. The second-order valence-corrected chi connectivity index (χ2v) is 4.67. The smallest absolute Gasteiger partial charge is 0.303 e. The van der Waals surface area contributed by atoms with Crippen LogP contribution in [0.5, 0.6) is 0 Å². The van der Waals surface area contributed by atoms with E-state index in [0.29, 0.717) is 12.2 Å². The molecule has 82 valence electrons. The number of carbonyl (C=O) groups is 1. The van der Waals surface area contributed by atoms with E-state index >= 15 is 0 Å². The first kappa shape index (κ1) is 13.6. The zero-order chi connectivity index (χ0) is 11.2. The maximum Gasteiger partial charge on any atom is 0.303 e. The molecule has 14 heavy (non-hydrogen) atoms. The number of hydrogen-bond donors (Lipinski definition) is 0. The van der Waals surface area contributed by atoms with Crippen molar-refractivity contribution in [3.63, 3.8) is 0 Å². The van der Waals surface area contributed by atoms with Crippen LogP contribution in [-0.4, -0.2) is 44.7 Å². The largest absolute Gasteiger partial charge is 0.613 e. The average molecular weight is 219 g/mol. The van der Waals surface area contributed by atoms with E-state index in [4.69, 9.17) is 9.05 Å². The van der Waals surface area contributed by atoms with Gasteiger partial charge in [0.05, 0.1) is 34.3 Å². The third-order valence-electron chi connectivity index (χ3n) is 1.37. The summed E-state index contributed by atoms with van der Waals surface area (Å²) in [5.74, 6) is -0.420. The number of hydrogen-bond acceptors (Lipinski definition) is 3. The average Bonchev–Trinajstić information content (AvgIpc) is 2.01. The van der Waals surface area contributed by atoms with Crippen LogP contribution in [0.25, 0.3) is 0 Å². The molecule has 0 aliphatic rings. The van der Waals surface area contributed by atoms with Crippen LogP contribution in [0.3, 0.4) is 0 Å². The Kier molecular flexibility index (Phi) is 5.93. The van der Waals surface area contributed by atoms with Gasteiger partial charge in [0.1, 0.15) is 0 Å². The molecule has 0 amide bonds. The summed E-state index contributed by atoms with van der Waals surface area (Å²) in [6.07, 6.45) is 0. The molecule has 0 saturated carbocycles. The molecule has 0 bridgehead atoms. The Morgan fingerprint density at radius 2 is 2.00 bits per heavy atom. The van der Waals surface area contributed by atoms with Gasteiger partial charge in [-0.1, -0.05) is 6.58 Å². The van der Waals surface area contributed by atoms with Gasteiger partial charge in [0, 0.05) is 5.57 Å². The van der Waals surface area contributed by atoms with E-state index < -0.39 is 5.97 Å². The van der Waals surface area contributed by atoms with E-state index in [1.54, 1.807) is 6.92 Å². The summed E-state index contributed by atoms with van der Waals surface area (Å²) in [5.41, 5.74) is 0.382. The monoisotopic (exact) mass is 219 g/mol. The molecule has 0 aliphatic carbocycles. The number of nitrogens with zero attached hydrogens (tertiary/aromatic N) is 1. The van der Waals surface area contributed by atoms with Gasteiger partial charge >= 0.3 is 5.97 Å². The van der Waals surface area contributed by atoms with Crippen LogP contribution < -0.4 is 0 Å². The fraction of sp³-hybridized carbons (Fsp3) is 0.667. The minimum Gasteiger partial charge on any atom is -0.613 e. The van der Waals surface area contributed by atoms with Gasteiger partial charge < -0.3 is 13.5 Å². The molecule has 0 aromatic carbocycles. The van der Waals surface area contributed by atoms with Crippen LogP contribution >= 0.6 is 9.03 Å². The van der Waals surface area contributed by atoms with Crippen LogP contribution in [-0.2, 0) is 13.8 Å². The molecule has 0 aliphatic heterocycles. The van der Waals surface area contributed by atoms with Gasteiger partial charge in [-0.05, 0) is 6.92 Å². The second-order valence-electron chi connectivity index (χ2n) is 4.08. The molecule has 0 saturated heterocycles. The molecule has 5 heteroatoms. The molecule has 0 spiro atoms. The van der Waals surface area contributed by atoms with Crippen LogP contribution in [0.15, 0.2) is 12.2 Å². The van der Waals surface area contributed by atoms with Crippen LogP contribution in [0.4, 0.5) is 0 Å². The quantitative estimate of drug-likeness (QED) is 0.294. The van der Waals surface area contributed by atoms with Crippen molar-refractivity contribution < 1.29 is 18.3 Å². The van der Waals surface area contributed by atoms with Gasteiger partial charge in [-0.3, -0.25) is 0 Å². The summed E-state index contributed by atoms with van der Waals surface area (Å²) in [6.45, 7) is 6.49. The Balaban J connectivity index is 3.39. The fourth-order valence-electron chi connectivity index (χ4n) is 0.490. The topological polar surface area (TPSA) is 35.5 Å². The van der Waals surface area contributed by atoms with Crippen molar-refractivity contribution in [3.8, 4) is 0 Å². The number of rotatable bonds is 6. The molecule has 0 fully saturated rings. The number of likely N-dealkylation sites (N-methyl/N-ethyl adjacent to an activating group) is 1. The molecule has 4 nitrogen and oxygen atoms in total. The summed E-state index contributed by atoms with van der Waals surface area (Å²) in [7, 11) is 6.45. The molecule has 0 rings (SSSR count). The third-order valence-corrected chi connectivity index (χ3v) is 1.90. The molecule has 0 aromatic heterocycles. The van der Waals surface area contributed by atoms with Crippen molar-refractivity contribution in [2.24, 2.45) is 0 Å². The Hall–Kier alpha value is -0.440. The highest BCUT2D eigenvalue weighted by Crippen LogP contribution is 2.15. The number of carbonyl (C=O) groups excluding carboxylic acids is 1. The SMILES string of the molecule is C=C(C)C(=O)O[P-]OCC[N+](C)(C)C. The molecule has 0 atom stereocenters. The molecular weight excluding hydrogens is 201 g/mol. The van der Waals surface area contributed by atoms with Crippen molar-refractivity contribution in [1.29, 1.82) is 0 Å². The lowest BCUT2D eigenvalue weighted by atomic mass is 10.4. The molecule has 0 aromatic rings. The van der Waals surface area contributed by atoms with E-state index in [0.717, 1.165) is 11.0 Å². The normalized spacial score (nSPS) is 12.0. The summed E-state index contributed by atoms with van der Waals surface area (Å²) < 4.78 is 10.6. The van der Waals surface area contributed by atoms with E-state index in [2.05, 4.69) is 27.7 Å². The first-order valence-electron chi connectivity index (χ1n) is 4.32. The highest BCUT2D eigenvalue weighted by Gasteiger charge is 2.03. The number of quaternary nitrogens is 1. The van der Waals surface area contributed by atoms with Gasteiger partial charge in [0.25, 0.3) is 0 Å². The second kappa shape index (κ2) is 6.12. The summed E-state index contributed by atoms with van der Waals surface area (Å²) >= 11 is 0. The van der Waals surface area contributed by atoms with Gasteiger partial charge in [-0.15, -0.1) is 0 Å². The minimum absolute atomic E-state index is 0.240. The Bertz CT molecular complexity index is 211. The maximum absolute atomic E-state index is 10.9. The Morgan fingerprint density at radius 1 is 1.43 bits per heavy atom. The van der Waals surface area contributed by atoms with E-state index in [1.165, 1.54) is 0 Å². The lowest BCUT2D eigenvalue weighted by molar-refractivity contribution is -0.870. The maximum atomic E-state index is 10.9. The molecule has 0 radical (unpaired) electrons. The summed E-state index contributed by atoms with van der Waals surface area (Å²) in [6, 6.07) is 0. The van der Waals surface area contributed by atoms with Crippen molar-refractivity contribution in [2.45, 2.75) is 6.92 Å². The molecule has 0 unspecified atom stereocenters. The highest BCUT2D eigenvalue weighted by molar-refractivity contribution is 7.27. The first-order chi connectivity index (χ1) is 6.33. The van der Waals surface area contributed by atoms with E-state index in [9.17, 15) is 4.79 Å². The van der Waals surface area contributed by atoms with Crippen molar-refractivity contribution in [2.75, 3.05) is 34.3 Å². The highest BCUT2D eigenvalue weighted by atomic mass is 31.1. The van der Waals surface area contributed by atoms with Gasteiger partial charge in [0.2, 0.25) is 0 Å². The van der Waals surface area contributed by atoms with Gasteiger partial charge in [-0.25, -0.2) is 4.79 Å². The Morgan fingerprint density at radius 3 is 2.43 bits per heavy atom. The van der Waals surface area contributed by atoms with Crippen LogP contribution in [0, 0.1) is 0 Å². The standard InChI is InChI=1S/C9H18NO3P/c1-8(2)9(11)13-14-12-7-6-10(3,4)5/h1,6-7H2,2-5H3. The van der Waals surface area contributed by atoms with Crippen molar-refractivity contribution in [1.82, 2.24) is 0 Å². The molecule has 0 heterocycles. The first-order valence-corrected chi connectivity index (χ1v) is 5.05. The summed E-state index contributed by atoms with van der Waals surface area (Å²) in [5, 5.41) is 0. The molecular formula is C9H18NO3P. The zero-order valence-electron chi connectivity index (χ0n) is 9.24. The molecule has 0 N–H and O–H groups in total. The van der Waals surface area contributed by atoms with Crippen LogP contribution in [0.1, 0.15) is 6.92 Å². The Labute approximate surface area is 87.4 Å². The van der Waals surface area contributed by atoms with E-state index in [-0.39, 0.29) is 9.03 Å². The van der Waals surface area contributed by atoms with Crippen molar-refractivity contribution >= 4 is 15.0 Å². The third kappa shape index (κ3) is 8.17. The predicted octanol–water partition coefficient (Wildman–Crippen LogP) is 1.60. The fourth-order valence-corrected chi connectivity index (χ4v) is 0.922. The van der Waals surface area contributed by atoms with Crippen LogP contribution in [0.2, 0.25) is 0 Å². The lowest BCUT2D eigenvalue weighted by Gasteiger charge is -2.26. The van der Waals surface area contributed by atoms with Gasteiger partial charge in [-0.2, -0.15) is 9.03 Å². The van der Waals surface area contributed by atoms with Gasteiger partial charge in [0.15, 0.2) is 0 Å². The minimum atomic E-state index is -0.420. The predicted molar refractivity (Wildman–Crippen MR) is 56.7 cm³/mol. The zero-order valence-corrected chi connectivity index (χ0v) is 10.1. The van der Waals surface area contributed by atoms with E-state index in [1.807, 2.05) is 0 Å².